The number of hydrogen-bond donors (Lipinski definition) is 15. The van der Waals surface area contributed by atoms with Crippen molar-refractivity contribution in [1.29, 1.82) is 0 Å². The van der Waals surface area contributed by atoms with E-state index in [2.05, 4.69) is 52.5 Å². The molecule has 420 valence electrons. The Morgan fingerprint density at radius 3 is 1.41 bits per heavy atom. The monoisotopic (exact) mass is 1080 g/mol. The third kappa shape index (κ3) is 26.5. The highest BCUT2D eigenvalue weighted by Crippen LogP contribution is 2.12. The van der Waals surface area contributed by atoms with E-state index >= 15 is 0 Å². The Labute approximate surface area is 442 Å². The van der Waals surface area contributed by atoms with E-state index in [1.807, 2.05) is 0 Å². The van der Waals surface area contributed by atoms with Crippen molar-refractivity contribution in [2.24, 2.45) is 62.0 Å². The van der Waals surface area contributed by atoms with Crippen LogP contribution < -0.4 is 82.7 Å². The van der Waals surface area contributed by atoms with Crippen LogP contribution in [0.3, 0.4) is 0 Å². The van der Waals surface area contributed by atoms with Gasteiger partial charge in [0.2, 0.25) is 59.1 Å². The molecule has 1 aromatic carbocycles. The number of guanidine groups is 2. The quantitative estimate of drug-likeness (QED) is 0.0173. The van der Waals surface area contributed by atoms with Crippen molar-refractivity contribution in [3.63, 3.8) is 0 Å². The molecule has 0 bridgehead atoms. The zero-order chi connectivity index (χ0) is 56.9. The number of amides is 10. The third-order valence-corrected chi connectivity index (χ3v) is 11.8. The fourth-order valence-corrected chi connectivity index (χ4v) is 7.55. The number of carbonyl (C=O) groups is 10. The van der Waals surface area contributed by atoms with Gasteiger partial charge >= 0.3 is 0 Å². The number of nitrogens with two attached hydrogens (primary N) is 7. The zero-order valence-electron chi connectivity index (χ0n) is 43.9. The van der Waals surface area contributed by atoms with Crippen LogP contribution in [0.2, 0.25) is 0 Å². The number of nitrogens with one attached hydrogen (secondary N) is 8. The van der Waals surface area contributed by atoms with Crippen molar-refractivity contribution < 1.29 is 47.9 Å². The molecule has 9 atom stereocenters. The molecule has 1 aromatic rings. The van der Waals surface area contributed by atoms with Crippen molar-refractivity contribution in [1.82, 2.24) is 42.5 Å². The van der Waals surface area contributed by atoms with E-state index in [1.54, 1.807) is 64.3 Å². The summed E-state index contributed by atoms with van der Waals surface area (Å²) in [5.41, 5.74) is 39.4. The number of hydrogen-bond acceptors (Lipinski definition) is 14. The van der Waals surface area contributed by atoms with Crippen LogP contribution in [0, 0.1) is 11.8 Å². The number of carbonyl (C=O) groups excluding carboxylic acids is 10. The topological polar surface area (TPSA) is 474 Å². The Balaban J connectivity index is 3.34. The maximum atomic E-state index is 14.0. The first kappa shape index (κ1) is 65.8. The predicted octanol–water partition coefficient (Wildman–Crippen LogP) is -4.60. The lowest BCUT2D eigenvalue weighted by molar-refractivity contribution is -0.136. The second kappa shape index (κ2) is 34.3. The summed E-state index contributed by atoms with van der Waals surface area (Å²) in [5.74, 6) is -9.01. The number of rotatable bonds is 35. The number of thioether (sulfide) groups is 1. The van der Waals surface area contributed by atoms with E-state index < -0.39 is 126 Å². The highest BCUT2D eigenvalue weighted by molar-refractivity contribution is 7.98. The van der Waals surface area contributed by atoms with E-state index in [0.29, 0.717) is 11.3 Å². The van der Waals surface area contributed by atoms with Gasteiger partial charge < -0.3 is 82.7 Å². The highest BCUT2D eigenvalue weighted by Gasteiger charge is 2.35. The lowest BCUT2D eigenvalue weighted by Crippen LogP contribution is -2.61. The van der Waals surface area contributed by atoms with Gasteiger partial charge in [-0.1, -0.05) is 58.0 Å². The van der Waals surface area contributed by atoms with Crippen LogP contribution >= 0.6 is 11.8 Å². The molecule has 28 heteroatoms. The molecule has 0 aliphatic rings. The lowest BCUT2D eigenvalue weighted by Gasteiger charge is -2.29. The summed E-state index contributed by atoms with van der Waals surface area (Å²) >= 11 is 1.41. The highest BCUT2D eigenvalue weighted by atomic mass is 32.2. The molecule has 0 saturated carbocycles. The largest absolute Gasteiger partial charge is 0.370 e. The standard InChI is InChI=1S/C47H81N17O10S/c1-24(2)21-33(44(73)64-36(25(3)4)45(74)60-30(16-12-19-56-47(53)54)40(69)61-32(37(50)66)22-28-13-9-8-10-14-28)62-39(68)27(6)57-43(72)34(23-35(49)65)63-41(70)29(15-11-18-55-46(51)52)59-42(71)31(17-20-75-7)58-38(67)26(5)48/h8-10,13-14,24-27,29-34,36H,11-12,15-23,48H2,1-7H3,(H2,49,65)(H2,50,66)(H,57,72)(H,58,67)(H,59,71)(H,60,74)(H,61,69)(H,62,68)(H,63,70)(H,64,73)(H4,51,52,55)(H4,53,54,56)/t26-,27-,29-,30-,31-,32-,33-,34-,36-/m0/s1. The van der Waals surface area contributed by atoms with Crippen molar-refractivity contribution in [2.45, 2.75) is 147 Å². The van der Waals surface area contributed by atoms with Crippen LogP contribution in [0.5, 0.6) is 0 Å². The first-order valence-corrected chi connectivity index (χ1v) is 26.0. The second-order valence-corrected chi connectivity index (χ2v) is 19.7. The molecule has 0 aliphatic carbocycles. The molecule has 1 rings (SSSR count). The predicted molar refractivity (Wildman–Crippen MR) is 285 cm³/mol. The van der Waals surface area contributed by atoms with E-state index in [9.17, 15) is 47.9 Å². The summed E-state index contributed by atoms with van der Waals surface area (Å²) in [4.78, 5) is 142. The average Bonchev–Trinajstić information content (AvgIpc) is 3.32. The summed E-state index contributed by atoms with van der Waals surface area (Å²) in [5, 5.41) is 20.6. The van der Waals surface area contributed by atoms with Crippen LogP contribution in [0.1, 0.15) is 92.1 Å². The molecular weight excluding hydrogens is 995 g/mol. The van der Waals surface area contributed by atoms with E-state index in [4.69, 9.17) is 40.1 Å². The van der Waals surface area contributed by atoms with Crippen LogP contribution in [0.15, 0.2) is 40.3 Å². The summed E-state index contributed by atoms with van der Waals surface area (Å²) < 4.78 is 0. The van der Waals surface area contributed by atoms with Gasteiger partial charge in [-0.25, -0.2) is 0 Å². The number of benzene rings is 1. The number of nitrogens with zero attached hydrogens (tertiary/aromatic N) is 2. The van der Waals surface area contributed by atoms with Gasteiger partial charge in [-0.2, -0.15) is 11.8 Å². The van der Waals surface area contributed by atoms with Crippen LogP contribution in [0.4, 0.5) is 0 Å². The van der Waals surface area contributed by atoms with Crippen molar-refractivity contribution >= 4 is 82.8 Å². The van der Waals surface area contributed by atoms with E-state index in [0.717, 1.165) is 0 Å². The molecule has 27 nitrogen and oxygen atoms in total. The SMILES string of the molecule is CSCC[C@H](NC(=O)[C@H](C)N)C(=O)N[C@@H](CCCN=C(N)N)C(=O)N[C@@H](CC(N)=O)C(=O)N[C@@H](C)C(=O)N[C@@H](CC(C)C)C(=O)N[C@H](C(=O)N[C@@H](CCCN=C(N)N)C(=O)N[C@@H](Cc1ccccc1)C(N)=O)C(C)C. The van der Waals surface area contributed by atoms with Crippen molar-refractivity contribution in [2.75, 3.05) is 25.1 Å². The smallest absolute Gasteiger partial charge is 0.243 e. The fraction of sp³-hybridized carbons (Fsp3) is 0.617. The van der Waals surface area contributed by atoms with E-state index in [1.165, 1.54) is 25.6 Å². The average molecular weight is 1080 g/mol. The van der Waals surface area contributed by atoms with Gasteiger partial charge in [0.1, 0.15) is 48.3 Å². The molecule has 0 aromatic heterocycles. The van der Waals surface area contributed by atoms with Crippen LogP contribution in [-0.2, 0) is 54.4 Å². The lowest BCUT2D eigenvalue weighted by atomic mass is 9.99. The third-order valence-electron chi connectivity index (χ3n) is 11.1. The Morgan fingerprint density at radius 1 is 0.520 bits per heavy atom. The van der Waals surface area contributed by atoms with Gasteiger partial charge in [0.25, 0.3) is 0 Å². The molecule has 0 unspecified atom stereocenters. The molecule has 0 fully saturated rings. The van der Waals surface area contributed by atoms with Gasteiger partial charge in [0, 0.05) is 19.5 Å². The molecule has 0 saturated heterocycles. The Kier molecular flexibility index (Phi) is 30.1. The second-order valence-electron chi connectivity index (χ2n) is 18.7. The first-order valence-electron chi connectivity index (χ1n) is 24.6. The maximum Gasteiger partial charge on any atom is 0.243 e. The zero-order valence-corrected chi connectivity index (χ0v) is 44.8. The van der Waals surface area contributed by atoms with E-state index in [-0.39, 0.29) is 75.9 Å². The van der Waals surface area contributed by atoms with Gasteiger partial charge in [0.15, 0.2) is 11.9 Å². The first-order chi connectivity index (χ1) is 35.2. The maximum absolute atomic E-state index is 14.0. The van der Waals surface area contributed by atoms with Crippen molar-refractivity contribution in [3.05, 3.63) is 35.9 Å². The van der Waals surface area contributed by atoms with Gasteiger partial charge in [-0.3, -0.25) is 57.9 Å². The Bertz CT molecular complexity index is 2140. The minimum Gasteiger partial charge on any atom is -0.370 e. The molecule has 22 N–H and O–H groups in total. The molecule has 10 amide bonds. The van der Waals surface area contributed by atoms with Crippen LogP contribution in [-0.4, -0.2) is 150 Å². The molecule has 0 radical (unpaired) electrons. The molecule has 0 heterocycles. The summed E-state index contributed by atoms with van der Waals surface area (Å²) in [6.07, 6.45) is 1.67. The van der Waals surface area contributed by atoms with Gasteiger partial charge in [-0.05, 0) is 81.8 Å². The minimum atomic E-state index is -1.67. The molecule has 75 heavy (non-hydrogen) atoms. The van der Waals surface area contributed by atoms with Crippen LogP contribution in [0.25, 0.3) is 0 Å². The van der Waals surface area contributed by atoms with Gasteiger partial charge in [0.05, 0.1) is 12.5 Å². The van der Waals surface area contributed by atoms with Gasteiger partial charge in [-0.15, -0.1) is 0 Å². The number of aliphatic imine (C=N–C) groups is 2. The number of primary amides is 2. The summed E-state index contributed by atoms with van der Waals surface area (Å²) in [7, 11) is 0. The summed E-state index contributed by atoms with van der Waals surface area (Å²) in [6.45, 7) is 9.72. The minimum absolute atomic E-state index is 0.0102. The molecular formula is C47H81N17O10S. The fourth-order valence-electron chi connectivity index (χ4n) is 7.08. The van der Waals surface area contributed by atoms with Crippen molar-refractivity contribution in [3.8, 4) is 0 Å². The summed E-state index contributed by atoms with van der Waals surface area (Å²) in [6, 6.07) is -2.58. The molecule has 0 aliphatic heterocycles. The Hall–Kier alpha value is -7.23. The normalized spacial score (nSPS) is 14.6. The Morgan fingerprint density at radius 2 is 0.960 bits per heavy atom. The molecule has 0 spiro atoms.